The normalized spacial score (nSPS) is 18.1. The average molecular weight is 581 g/mol. The number of amides is 2. The van der Waals surface area contributed by atoms with Gasteiger partial charge in [-0.05, 0) is 106 Å². The van der Waals surface area contributed by atoms with Crippen LogP contribution in [-0.4, -0.2) is 78.1 Å². The summed E-state index contributed by atoms with van der Waals surface area (Å²) in [6.07, 6.45) is 3.17. The molecule has 2 amide bonds. The molecule has 2 fully saturated rings. The van der Waals surface area contributed by atoms with E-state index in [-0.39, 0.29) is 24.8 Å². The summed E-state index contributed by atoms with van der Waals surface area (Å²) in [6, 6.07) is 13.1. The van der Waals surface area contributed by atoms with E-state index in [1.807, 2.05) is 24.0 Å². The molecule has 4 rings (SSSR count). The van der Waals surface area contributed by atoms with Crippen molar-refractivity contribution in [3.63, 3.8) is 0 Å². The first kappa shape index (κ1) is 30.5. The number of esters is 1. The second-order valence-corrected chi connectivity index (χ2v) is 10.9. The van der Waals surface area contributed by atoms with Crippen molar-refractivity contribution in [2.75, 3.05) is 49.6 Å². The molecule has 10 heteroatoms. The lowest BCUT2D eigenvalue weighted by Crippen LogP contribution is -2.44. The van der Waals surface area contributed by atoms with Crippen molar-refractivity contribution in [3.8, 4) is 5.75 Å². The Labute approximate surface area is 247 Å². The predicted octanol–water partition coefficient (Wildman–Crippen LogP) is 4.71. The van der Waals surface area contributed by atoms with E-state index in [9.17, 15) is 14.4 Å². The van der Waals surface area contributed by atoms with Gasteiger partial charge in [-0.3, -0.25) is 14.5 Å². The number of likely N-dealkylation sites (tertiary alicyclic amines) is 1. The number of nitrogens with zero attached hydrogens (tertiary/aromatic N) is 3. The summed E-state index contributed by atoms with van der Waals surface area (Å²) in [5.74, 6) is 0.502. The van der Waals surface area contributed by atoms with Crippen molar-refractivity contribution in [2.24, 2.45) is 5.92 Å². The summed E-state index contributed by atoms with van der Waals surface area (Å²) >= 11 is 5.82. The average Bonchev–Trinajstić information content (AvgIpc) is 3.20. The summed E-state index contributed by atoms with van der Waals surface area (Å²) in [5.41, 5.74) is 1.58. The predicted molar refractivity (Wildman–Crippen MR) is 163 cm³/mol. The van der Waals surface area contributed by atoms with Crippen LogP contribution in [0, 0.1) is 5.92 Å². The number of carbonyl (C=O) groups is 3. The Morgan fingerprint density at radius 1 is 1.00 bits per heavy atom. The number of piperidine rings is 1. The standard InChI is InChI=1S/C31H40N4O5S/c1-4-20-40-26-12-8-24(9-13-26)32-28(36)21-27-29(37)35(25-10-6-23(7-11-25)30(38)39-5-2)31(41)34(27)19-18-33-16-14-22(3)15-17-33/h6-13,22,27H,4-5,14-21H2,1-3H3,(H,32,36)/t27-/m1/s1. The van der Waals surface area contributed by atoms with E-state index in [4.69, 9.17) is 21.7 Å². The van der Waals surface area contributed by atoms with Crippen molar-refractivity contribution in [2.45, 2.75) is 52.5 Å². The first-order valence-corrected chi connectivity index (χ1v) is 14.9. The van der Waals surface area contributed by atoms with Crippen molar-refractivity contribution in [1.29, 1.82) is 0 Å². The SMILES string of the molecule is CCCOc1ccc(NC(=O)C[C@@H]2C(=O)N(c3ccc(C(=O)OCC)cc3)C(=S)N2CCN2CCC(C)CC2)cc1. The van der Waals surface area contributed by atoms with E-state index in [1.54, 1.807) is 43.3 Å². The summed E-state index contributed by atoms with van der Waals surface area (Å²) in [6.45, 7) is 10.3. The lowest BCUT2D eigenvalue weighted by molar-refractivity contribution is -0.124. The number of ether oxygens (including phenoxy) is 2. The highest BCUT2D eigenvalue weighted by Gasteiger charge is 2.44. The van der Waals surface area contributed by atoms with Crippen LogP contribution in [0.2, 0.25) is 0 Å². The van der Waals surface area contributed by atoms with E-state index < -0.39 is 12.0 Å². The highest BCUT2D eigenvalue weighted by molar-refractivity contribution is 7.80. The molecule has 1 N–H and O–H groups in total. The van der Waals surface area contributed by atoms with Gasteiger partial charge in [0.15, 0.2) is 5.11 Å². The summed E-state index contributed by atoms with van der Waals surface area (Å²) < 4.78 is 10.7. The number of benzene rings is 2. The van der Waals surface area contributed by atoms with E-state index in [0.717, 1.165) is 50.6 Å². The van der Waals surface area contributed by atoms with Crippen LogP contribution in [0.1, 0.15) is 56.8 Å². The minimum atomic E-state index is -0.733. The number of thiocarbonyl (C=S) groups is 1. The minimum absolute atomic E-state index is 0.0402. The maximum atomic E-state index is 13.8. The van der Waals surface area contributed by atoms with Gasteiger partial charge in [-0.2, -0.15) is 0 Å². The van der Waals surface area contributed by atoms with E-state index >= 15 is 0 Å². The fourth-order valence-corrected chi connectivity index (χ4v) is 5.48. The Hall–Kier alpha value is -3.50. The molecule has 2 heterocycles. The van der Waals surface area contributed by atoms with Crippen LogP contribution in [-0.2, 0) is 14.3 Å². The van der Waals surface area contributed by atoms with Crippen molar-refractivity contribution in [1.82, 2.24) is 9.80 Å². The fraction of sp³-hybridized carbons (Fsp3) is 0.484. The summed E-state index contributed by atoms with van der Waals surface area (Å²) in [7, 11) is 0. The van der Waals surface area contributed by atoms with E-state index in [2.05, 4.69) is 17.1 Å². The second kappa shape index (κ2) is 14.4. The third kappa shape index (κ3) is 7.83. The van der Waals surface area contributed by atoms with Crippen LogP contribution < -0.4 is 15.0 Å². The van der Waals surface area contributed by atoms with E-state index in [1.165, 1.54) is 4.90 Å². The highest BCUT2D eigenvalue weighted by Crippen LogP contribution is 2.28. The fourth-order valence-electron chi connectivity index (χ4n) is 5.06. The number of anilines is 2. The zero-order chi connectivity index (χ0) is 29.4. The molecule has 0 spiro atoms. The van der Waals surface area contributed by atoms with Gasteiger partial charge in [-0.25, -0.2) is 4.79 Å². The maximum Gasteiger partial charge on any atom is 0.338 e. The topological polar surface area (TPSA) is 91.4 Å². The molecule has 2 saturated heterocycles. The number of carbonyl (C=O) groups excluding carboxylic acids is 3. The molecule has 0 radical (unpaired) electrons. The van der Waals surface area contributed by atoms with Gasteiger partial charge in [0.1, 0.15) is 11.8 Å². The molecule has 2 aliphatic heterocycles. The van der Waals surface area contributed by atoms with Gasteiger partial charge in [0.05, 0.1) is 30.9 Å². The zero-order valence-corrected chi connectivity index (χ0v) is 25.0. The van der Waals surface area contributed by atoms with Gasteiger partial charge in [0, 0.05) is 18.8 Å². The molecule has 0 aromatic heterocycles. The molecule has 220 valence electrons. The minimum Gasteiger partial charge on any atom is -0.494 e. The van der Waals surface area contributed by atoms with Crippen LogP contribution in [0.4, 0.5) is 11.4 Å². The van der Waals surface area contributed by atoms with Crippen LogP contribution >= 0.6 is 12.2 Å². The number of hydrogen-bond donors (Lipinski definition) is 1. The van der Waals surface area contributed by atoms with Gasteiger partial charge in [0.2, 0.25) is 5.91 Å². The quantitative estimate of drug-likeness (QED) is 0.285. The lowest BCUT2D eigenvalue weighted by Gasteiger charge is -2.32. The van der Waals surface area contributed by atoms with Crippen molar-refractivity contribution >= 4 is 46.5 Å². The third-order valence-electron chi connectivity index (χ3n) is 7.48. The van der Waals surface area contributed by atoms with Gasteiger partial charge in [-0.1, -0.05) is 13.8 Å². The number of rotatable bonds is 12. The smallest absolute Gasteiger partial charge is 0.338 e. The Morgan fingerprint density at radius 2 is 1.68 bits per heavy atom. The number of nitrogens with one attached hydrogen (secondary N) is 1. The summed E-state index contributed by atoms with van der Waals surface area (Å²) in [4.78, 5) is 44.8. The molecule has 41 heavy (non-hydrogen) atoms. The lowest BCUT2D eigenvalue weighted by atomic mass is 9.99. The first-order chi connectivity index (χ1) is 19.8. The van der Waals surface area contributed by atoms with Gasteiger partial charge in [0.25, 0.3) is 5.91 Å². The Bertz CT molecular complexity index is 1210. The summed E-state index contributed by atoms with van der Waals surface area (Å²) in [5, 5.41) is 3.27. The molecule has 2 aliphatic rings. The molecule has 0 unspecified atom stereocenters. The monoisotopic (exact) mass is 580 g/mol. The molecule has 2 aromatic rings. The van der Waals surface area contributed by atoms with Crippen LogP contribution in [0.5, 0.6) is 5.75 Å². The van der Waals surface area contributed by atoms with Crippen LogP contribution in [0.3, 0.4) is 0 Å². The largest absolute Gasteiger partial charge is 0.494 e. The van der Waals surface area contributed by atoms with Crippen LogP contribution in [0.25, 0.3) is 0 Å². The zero-order valence-electron chi connectivity index (χ0n) is 24.1. The van der Waals surface area contributed by atoms with Gasteiger partial charge < -0.3 is 24.6 Å². The highest BCUT2D eigenvalue weighted by atomic mass is 32.1. The van der Waals surface area contributed by atoms with E-state index in [0.29, 0.717) is 35.2 Å². The maximum absolute atomic E-state index is 13.8. The first-order valence-electron chi connectivity index (χ1n) is 14.5. The van der Waals surface area contributed by atoms with Gasteiger partial charge >= 0.3 is 5.97 Å². The molecule has 9 nitrogen and oxygen atoms in total. The molecular formula is C31H40N4O5S. The van der Waals surface area contributed by atoms with Crippen molar-refractivity contribution in [3.05, 3.63) is 54.1 Å². The Morgan fingerprint density at radius 3 is 2.32 bits per heavy atom. The third-order valence-corrected chi connectivity index (χ3v) is 7.90. The molecule has 0 bridgehead atoms. The Balaban J connectivity index is 1.48. The van der Waals surface area contributed by atoms with Gasteiger partial charge in [-0.15, -0.1) is 0 Å². The van der Waals surface area contributed by atoms with Crippen LogP contribution in [0.15, 0.2) is 48.5 Å². The second-order valence-electron chi connectivity index (χ2n) is 10.6. The van der Waals surface area contributed by atoms with Crippen molar-refractivity contribution < 1.29 is 23.9 Å². The molecule has 1 atom stereocenters. The molecule has 2 aromatic carbocycles. The molecule has 0 aliphatic carbocycles. The Kier molecular flexibility index (Phi) is 10.7. The molecule has 0 saturated carbocycles. The molecular weight excluding hydrogens is 540 g/mol. The number of hydrogen-bond acceptors (Lipinski definition) is 7.